The second kappa shape index (κ2) is 5.82. The van der Waals surface area contributed by atoms with Crippen LogP contribution in [0.5, 0.6) is 5.75 Å². The number of nitrogens with one attached hydrogen (secondary N) is 1. The summed E-state index contributed by atoms with van der Waals surface area (Å²) in [6.07, 6.45) is 2.82. The van der Waals surface area contributed by atoms with Gasteiger partial charge in [0.25, 0.3) is 0 Å². The summed E-state index contributed by atoms with van der Waals surface area (Å²) in [6.45, 7) is 0.509. The topological polar surface area (TPSA) is 34.1 Å². The quantitative estimate of drug-likeness (QED) is 0.937. The first-order chi connectivity index (χ1) is 8.69. The Morgan fingerprint density at radius 1 is 1.33 bits per heavy atom. The molecule has 0 saturated heterocycles. The molecule has 1 aromatic carbocycles. The van der Waals surface area contributed by atoms with Gasteiger partial charge in [0.1, 0.15) is 11.6 Å². The molecule has 3 nitrogen and oxygen atoms in total. The third-order valence-electron chi connectivity index (χ3n) is 2.41. The van der Waals surface area contributed by atoms with Crippen molar-refractivity contribution in [2.24, 2.45) is 0 Å². The van der Waals surface area contributed by atoms with Gasteiger partial charge in [-0.25, -0.2) is 4.39 Å². The fraction of sp³-hybridized carbons (Fsp3) is 0.154. The maximum Gasteiger partial charge on any atom is 0.141 e. The number of hydrogen-bond acceptors (Lipinski definition) is 3. The molecular weight excluding hydrogens is 299 g/mol. The van der Waals surface area contributed by atoms with Crippen LogP contribution in [-0.4, -0.2) is 12.1 Å². The zero-order valence-electron chi connectivity index (χ0n) is 9.78. The lowest BCUT2D eigenvalue weighted by atomic mass is 10.2. The molecule has 0 saturated carbocycles. The average molecular weight is 311 g/mol. The van der Waals surface area contributed by atoms with Crippen LogP contribution < -0.4 is 10.1 Å². The van der Waals surface area contributed by atoms with E-state index in [0.717, 1.165) is 21.5 Å². The number of pyridine rings is 1. The molecular formula is C13H12BrFN2O. The summed E-state index contributed by atoms with van der Waals surface area (Å²) in [6, 6.07) is 7.14. The Bertz CT molecular complexity index is 548. The molecule has 0 aliphatic rings. The van der Waals surface area contributed by atoms with Gasteiger partial charge >= 0.3 is 0 Å². The molecule has 94 valence electrons. The van der Waals surface area contributed by atoms with E-state index in [-0.39, 0.29) is 5.82 Å². The normalized spacial score (nSPS) is 10.2. The summed E-state index contributed by atoms with van der Waals surface area (Å²) >= 11 is 3.38. The van der Waals surface area contributed by atoms with Crippen molar-refractivity contribution < 1.29 is 9.13 Å². The number of hydrogen-bond donors (Lipinski definition) is 1. The predicted octanol–water partition coefficient (Wildman–Crippen LogP) is 3.60. The second-order valence-corrected chi connectivity index (χ2v) is 4.57. The van der Waals surface area contributed by atoms with E-state index in [9.17, 15) is 4.39 Å². The Morgan fingerprint density at radius 3 is 2.89 bits per heavy atom. The van der Waals surface area contributed by atoms with Gasteiger partial charge in [-0.2, -0.15) is 0 Å². The SMILES string of the molecule is COc1cc(NCc2cncc(F)c2)ccc1Br. The molecule has 2 rings (SSSR count). The molecule has 0 unspecified atom stereocenters. The van der Waals surface area contributed by atoms with E-state index in [1.54, 1.807) is 13.3 Å². The second-order valence-electron chi connectivity index (χ2n) is 3.71. The monoisotopic (exact) mass is 310 g/mol. The van der Waals surface area contributed by atoms with Gasteiger partial charge in [0.15, 0.2) is 0 Å². The first kappa shape index (κ1) is 12.8. The molecule has 5 heteroatoms. The molecule has 0 atom stereocenters. The number of halogens is 2. The van der Waals surface area contributed by atoms with Crippen LogP contribution in [0.15, 0.2) is 41.1 Å². The van der Waals surface area contributed by atoms with E-state index < -0.39 is 0 Å². The highest BCUT2D eigenvalue weighted by Crippen LogP contribution is 2.27. The van der Waals surface area contributed by atoms with Gasteiger partial charge < -0.3 is 10.1 Å². The van der Waals surface area contributed by atoms with Crippen molar-refractivity contribution in [3.05, 3.63) is 52.5 Å². The number of ether oxygens (including phenoxy) is 1. The summed E-state index contributed by atoms with van der Waals surface area (Å²) < 4.78 is 19.0. The molecule has 0 aliphatic heterocycles. The van der Waals surface area contributed by atoms with Crippen LogP contribution in [0.4, 0.5) is 10.1 Å². The number of benzene rings is 1. The number of nitrogens with zero attached hydrogens (tertiary/aromatic N) is 1. The zero-order valence-corrected chi connectivity index (χ0v) is 11.4. The minimum Gasteiger partial charge on any atom is -0.495 e. The smallest absolute Gasteiger partial charge is 0.141 e. The summed E-state index contributed by atoms with van der Waals surface area (Å²) in [5, 5.41) is 3.18. The molecule has 1 N–H and O–H groups in total. The highest BCUT2D eigenvalue weighted by molar-refractivity contribution is 9.10. The van der Waals surface area contributed by atoms with Crippen LogP contribution in [-0.2, 0) is 6.54 Å². The first-order valence-corrected chi connectivity index (χ1v) is 6.15. The molecule has 1 heterocycles. The largest absolute Gasteiger partial charge is 0.495 e. The van der Waals surface area contributed by atoms with E-state index in [4.69, 9.17) is 4.74 Å². The van der Waals surface area contributed by atoms with Crippen molar-refractivity contribution in [1.29, 1.82) is 0 Å². The number of anilines is 1. The number of aromatic nitrogens is 1. The van der Waals surface area contributed by atoms with E-state index in [1.165, 1.54) is 12.3 Å². The van der Waals surface area contributed by atoms with Gasteiger partial charge in [0, 0.05) is 24.5 Å². The maximum atomic E-state index is 12.9. The zero-order chi connectivity index (χ0) is 13.0. The average Bonchev–Trinajstić information content (AvgIpc) is 2.38. The van der Waals surface area contributed by atoms with Gasteiger partial charge in [-0.3, -0.25) is 4.98 Å². The van der Waals surface area contributed by atoms with Crippen LogP contribution in [0.3, 0.4) is 0 Å². The van der Waals surface area contributed by atoms with Crippen LogP contribution in [0.25, 0.3) is 0 Å². The lowest BCUT2D eigenvalue weighted by Gasteiger charge is -2.09. The van der Waals surface area contributed by atoms with Gasteiger partial charge in [-0.05, 0) is 39.7 Å². The van der Waals surface area contributed by atoms with E-state index in [1.807, 2.05) is 18.2 Å². The van der Waals surface area contributed by atoms with Gasteiger partial charge in [-0.15, -0.1) is 0 Å². The van der Waals surface area contributed by atoms with Crippen LogP contribution in [0.1, 0.15) is 5.56 Å². The van der Waals surface area contributed by atoms with E-state index in [0.29, 0.717) is 6.54 Å². The fourth-order valence-electron chi connectivity index (χ4n) is 1.53. The molecule has 0 bridgehead atoms. The lowest BCUT2D eigenvalue weighted by molar-refractivity contribution is 0.412. The van der Waals surface area contributed by atoms with Crippen molar-refractivity contribution in [2.75, 3.05) is 12.4 Å². The number of rotatable bonds is 4. The van der Waals surface area contributed by atoms with E-state index >= 15 is 0 Å². The molecule has 0 aliphatic carbocycles. The molecule has 0 radical (unpaired) electrons. The fourth-order valence-corrected chi connectivity index (χ4v) is 1.93. The molecule has 18 heavy (non-hydrogen) atoms. The highest BCUT2D eigenvalue weighted by atomic mass is 79.9. The van der Waals surface area contributed by atoms with Gasteiger partial charge in [0.05, 0.1) is 17.8 Å². The third-order valence-corrected chi connectivity index (χ3v) is 3.06. The summed E-state index contributed by atoms with van der Waals surface area (Å²) in [5.41, 5.74) is 1.69. The van der Waals surface area contributed by atoms with Crippen molar-refractivity contribution in [2.45, 2.75) is 6.54 Å². The first-order valence-electron chi connectivity index (χ1n) is 5.36. The van der Waals surface area contributed by atoms with Crippen LogP contribution >= 0.6 is 15.9 Å². The minimum absolute atomic E-state index is 0.331. The standard InChI is InChI=1S/C13H12BrFN2O/c1-18-13-5-11(2-3-12(13)14)17-7-9-4-10(15)8-16-6-9/h2-6,8,17H,7H2,1H3. The predicted molar refractivity (Wildman–Crippen MR) is 72.2 cm³/mol. The Kier molecular flexibility index (Phi) is 4.15. The van der Waals surface area contributed by atoms with Crippen molar-refractivity contribution in [1.82, 2.24) is 4.98 Å². The molecule has 1 aromatic heterocycles. The van der Waals surface area contributed by atoms with Crippen molar-refractivity contribution >= 4 is 21.6 Å². The summed E-state index contributed by atoms with van der Waals surface area (Å²) in [5.74, 6) is 0.417. The Hall–Kier alpha value is -1.62. The third kappa shape index (κ3) is 3.20. The minimum atomic E-state index is -0.331. The Labute approximate surface area is 113 Å². The molecule has 0 spiro atoms. The lowest BCUT2D eigenvalue weighted by Crippen LogP contribution is -2.00. The Balaban J connectivity index is 2.06. The molecule has 2 aromatic rings. The Morgan fingerprint density at radius 2 is 2.17 bits per heavy atom. The number of methoxy groups -OCH3 is 1. The maximum absolute atomic E-state index is 12.9. The highest BCUT2D eigenvalue weighted by Gasteiger charge is 2.02. The molecule has 0 fully saturated rings. The van der Waals surface area contributed by atoms with Crippen molar-refractivity contribution in [3.63, 3.8) is 0 Å². The summed E-state index contributed by atoms with van der Waals surface area (Å²) in [7, 11) is 1.61. The summed E-state index contributed by atoms with van der Waals surface area (Å²) in [4.78, 5) is 3.80. The van der Waals surface area contributed by atoms with Gasteiger partial charge in [-0.1, -0.05) is 0 Å². The van der Waals surface area contributed by atoms with Crippen LogP contribution in [0.2, 0.25) is 0 Å². The molecule has 0 amide bonds. The van der Waals surface area contributed by atoms with Crippen molar-refractivity contribution in [3.8, 4) is 5.75 Å². The van der Waals surface area contributed by atoms with Crippen LogP contribution in [0, 0.1) is 5.82 Å². The van der Waals surface area contributed by atoms with Gasteiger partial charge in [0.2, 0.25) is 0 Å². The van der Waals surface area contributed by atoms with E-state index in [2.05, 4.69) is 26.2 Å².